The van der Waals surface area contributed by atoms with E-state index in [4.69, 9.17) is 4.74 Å². The Kier molecular flexibility index (Phi) is 6.47. The van der Waals surface area contributed by atoms with Gasteiger partial charge in [-0.3, -0.25) is 9.59 Å². The molecule has 0 atom stereocenters. The minimum atomic E-state index is -0.248. The molecule has 4 rings (SSSR count). The molecule has 1 heterocycles. The summed E-state index contributed by atoms with van der Waals surface area (Å²) in [5.41, 5.74) is 3.48. The molecule has 0 bridgehead atoms. The number of hydrogen-bond donors (Lipinski definition) is 1. The van der Waals surface area contributed by atoms with Crippen molar-refractivity contribution in [1.82, 2.24) is 4.90 Å². The van der Waals surface area contributed by atoms with Gasteiger partial charge in [0.05, 0.1) is 11.6 Å². The van der Waals surface area contributed by atoms with Crippen LogP contribution in [0.15, 0.2) is 72.8 Å². The summed E-state index contributed by atoms with van der Waals surface area (Å²) in [6, 6.07) is 23.9. The zero-order valence-corrected chi connectivity index (χ0v) is 17.6. The average molecular weight is 425 g/mol. The first-order valence-corrected chi connectivity index (χ1v) is 10.5. The van der Waals surface area contributed by atoms with Crippen molar-refractivity contribution in [2.75, 3.05) is 11.9 Å². The van der Waals surface area contributed by atoms with Gasteiger partial charge in [0.2, 0.25) is 5.91 Å². The van der Waals surface area contributed by atoms with Crippen molar-refractivity contribution >= 4 is 17.5 Å². The van der Waals surface area contributed by atoms with Gasteiger partial charge in [-0.25, -0.2) is 0 Å². The highest BCUT2D eigenvalue weighted by Crippen LogP contribution is 2.20. The van der Waals surface area contributed by atoms with Crippen molar-refractivity contribution in [2.24, 2.45) is 0 Å². The summed E-state index contributed by atoms with van der Waals surface area (Å²) >= 11 is 0. The summed E-state index contributed by atoms with van der Waals surface area (Å²) < 4.78 is 5.81. The molecule has 6 heteroatoms. The predicted octanol–water partition coefficient (Wildman–Crippen LogP) is 4.51. The van der Waals surface area contributed by atoms with E-state index < -0.39 is 0 Å². The van der Waals surface area contributed by atoms with Crippen LogP contribution in [0.3, 0.4) is 0 Å². The zero-order valence-electron chi connectivity index (χ0n) is 17.6. The second-order valence-electron chi connectivity index (χ2n) is 7.66. The Bertz CT molecular complexity index is 1180. The monoisotopic (exact) mass is 425 g/mol. The molecule has 0 aromatic heterocycles. The largest absolute Gasteiger partial charge is 0.489 e. The maximum atomic E-state index is 12.8. The van der Waals surface area contributed by atoms with Crippen molar-refractivity contribution < 1.29 is 14.3 Å². The number of nitrogens with one attached hydrogen (secondary N) is 1. The molecule has 0 spiro atoms. The van der Waals surface area contributed by atoms with Crippen molar-refractivity contribution in [2.45, 2.75) is 26.0 Å². The minimum Gasteiger partial charge on any atom is -0.489 e. The molecule has 3 aromatic carbocycles. The Balaban J connectivity index is 1.40. The lowest BCUT2D eigenvalue weighted by molar-refractivity contribution is -0.128. The number of rotatable bonds is 7. The number of nitrogens with zero attached hydrogens (tertiary/aromatic N) is 2. The second kappa shape index (κ2) is 9.80. The molecule has 160 valence electrons. The smallest absolute Gasteiger partial charge is 0.255 e. The number of ether oxygens (including phenoxy) is 1. The quantitative estimate of drug-likeness (QED) is 0.604. The van der Waals surface area contributed by atoms with Crippen molar-refractivity contribution in [1.29, 1.82) is 5.26 Å². The molecule has 6 nitrogen and oxygen atoms in total. The molecule has 1 aliphatic heterocycles. The predicted molar refractivity (Wildman–Crippen MR) is 121 cm³/mol. The van der Waals surface area contributed by atoms with Gasteiger partial charge in [-0.05, 0) is 48.4 Å². The number of nitriles is 1. The van der Waals surface area contributed by atoms with E-state index in [9.17, 15) is 14.9 Å². The van der Waals surface area contributed by atoms with Crippen molar-refractivity contribution in [3.05, 3.63) is 95.1 Å². The fraction of sp³-hybridized carbons (Fsp3) is 0.192. The van der Waals surface area contributed by atoms with E-state index in [2.05, 4.69) is 11.4 Å². The molecule has 2 amide bonds. The molecule has 1 aliphatic rings. The molecule has 3 aromatic rings. The number of amides is 2. The Morgan fingerprint density at radius 3 is 2.72 bits per heavy atom. The Morgan fingerprint density at radius 1 is 1.06 bits per heavy atom. The number of carbonyl (C=O) groups is 2. The highest BCUT2D eigenvalue weighted by Gasteiger charge is 2.20. The fourth-order valence-electron chi connectivity index (χ4n) is 3.69. The first-order chi connectivity index (χ1) is 15.6. The molecule has 1 saturated heterocycles. The van der Waals surface area contributed by atoms with Gasteiger partial charge in [0.1, 0.15) is 12.4 Å². The number of benzene rings is 3. The highest BCUT2D eigenvalue weighted by atomic mass is 16.5. The lowest BCUT2D eigenvalue weighted by Gasteiger charge is -2.16. The van der Waals surface area contributed by atoms with Gasteiger partial charge in [0.15, 0.2) is 0 Å². The van der Waals surface area contributed by atoms with E-state index in [1.165, 1.54) is 0 Å². The van der Waals surface area contributed by atoms with Crippen molar-refractivity contribution in [3.8, 4) is 11.8 Å². The van der Waals surface area contributed by atoms with E-state index in [1.54, 1.807) is 30.3 Å². The molecular formula is C26H23N3O3. The third-order valence-electron chi connectivity index (χ3n) is 5.36. The molecule has 0 unspecified atom stereocenters. The summed E-state index contributed by atoms with van der Waals surface area (Å²) in [5.74, 6) is 0.475. The molecule has 1 N–H and O–H groups in total. The van der Waals surface area contributed by atoms with Gasteiger partial charge >= 0.3 is 0 Å². The van der Waals surface area contributed by atoms with Gasteiger partial charge in [0, 0.05) is 36.3 Å². The highest BCUT2D eigenvalue weighted by molar-refractivity contribution is 6.04. The Morgan fingerprint density at radius 2 is 1.91 bits per heavy atom. The van der Waals surface area contributed by atoms with Crippen LogP contribution in [0, 0.1) is 11.3 Å². The lowest BCUT2D eigenvalue weighted by Crippen LogP contribution is -2.23. The van der Waals surface area contributed by atoms with E-state index in [1.807, 2.05) is 47.4 Å². The average Bonchev–Trinajstić information content (AvgIpc) is 3.22. The molecule has 0 saturated carbocycles. The van der Waals surface area contributed by atoms with E-state index >= 15 is 0 Å². The van der Waals surface area contributed by atoms with Crippen LogP contribution in [0.4, 0.5) is 5.69 Å². The summed E-state index contributed by atoms with van der Waals surface area (Å²) in [4.78, 5) is 26.5. The normalized spacial score (nSPS) is 13.0. The van der Waals surface area contributed by atoms with E-state index in [0.29, 0.717) is 35.5 Å². The topological polar surface area (TPSA) is 82.4 Å². The maximum Gasteiger partial charge on any atom is 0.255 e. The number of carbonyl (C=O) groups excluding carboxylic acids is 2. The first kappa shape index (κ1) is 21.1. The molecule has 32 heavy (non-hydrogen) atoms. The van der Waals surface area contributed by atoms with Crippen LogP contribution < -0.4 is 10.1 Å². The van der Waals surface area contributed by atoms with Crippen LogP contribution in [-0.4, -0.2) is 23.3 Å². The molecule has 0 aliphatic carbocycles. The lowest BCUT2D eigenvalue weighted by atomic mass is 10.1. The van der Waals surface area contributed by atoms with Gasteiger partial charge in [0.25, 0.3) is 5.91 Å². The van der Waals surface area contributed by atoms with Gasteiger partial charge in [-0.2, -0.15) is 5.26 Å². The Hall–Kier alpha value is -4.11. The third-order valence-corrected chi connectivity index (χ3v) is 5.36. The van der Waals surface area contributed by atoms with Crippen molar-refractivity contribution in [3.63, 3.8) is 0 Å². The van der Waals surface area contributed by atoms with Gasteiger partial charge in [-0.15, -0.1) is 0 Å². The van der Waals surface area contributed by atoms with Crippen LogP contribution in [0.2, 0.25) is 0 Å². The summed E-state index contributed by atoms with van der Waals surface area (Å²) in [6.45, 7) is 1.57. The SMILES string of the molecule is N#Cc1ccccc1COc1cccc(C(=O)Nc2cccc(CN3CCCC3=O)c2)c1. The summed E-state index contributed by atoms with van der Waals surface area (Å²) in [5, 5.41) is 12.1. The summed E-state index contributed by atoms with van der Waals surface area (Å²) in [6.07, 6.45) is 1.51. The van der Waals surface area contributed by atoms with Crippen LogP contribution >= 0.6 is 0 Å². The second-order valence-corrected chi connectivity index (χ2v) is 7.66. The first-order valence-electron chi connectivity index (χ1n) is 10.5. The number of anilines is 1. The molecular weight excluding hydrogens is 402 g/mol. The number of hydrogen-bond acceptors (Lipinski definition) is 4. The van der Waals surface area contributed by atoms with Crippen LogP contribution in [0.25, 0.3) is 0 Å². The van der Waals surface area contributed by atoms with E-state index in [0.717, 1.165) is 24.1 Å². The zero-order chi connectivity index (χ0) is 22.3. The van der Waals surface area contributed by atoms with Crippen LogP contribution in [-0.2, 0) is 17.9 Å². The molecule has 0 radical (unpaired) electrons. The van der Waals surface area contributed by atoms with Crippen LogP contribution in [0.5, 0.6) is 5.75 Å². The van der Waals surface area contributed by atoms with Gasteiger partial charge < -0.3 is 15.0 Å². The maximum absolute atomic E-state index is 12.8. The summed E-state index contributed by atoms with van der Waals surface area (Å²) in [7, 11) is 0. The third kappa shape index (κ3) is 5.13. The Labute approximate surface area is 187 Å². The number of likely N-dealkylation sites (tertiary alicyclic amines) is 1. The molecule has 1 fully saturated rings. The van der Waals surface area contributed by atoms with Gasteiger partial charge in [-0.1, -0.05) is 36.4 Å². The fourth-order valence-corrected chi connectivity index (χ4v) is 3.69. The standard InChI is InChI=1S/C26H23N3O3/c27-16-21-7-1-2-8-22(21)18-32-24-11-4-9-20(15-24)26(31)28-23-10-3-6-19(14-23)17-29-13-5-12-25(29)30/h1-4,6-11,14-15H,5,12-13,17-18H2,(H,28,31). The van der Waals surface area contributed by atoms with Crippen LogP contribution in [0.1, 0.15) is 39.9 Å². The van der Waals surface area contributed by atoms with E-state index in [-0.39, 0.29) is 18.4 Å². The minimum absolute atomic E-state index is 0.175.